The van der Waals surface area contributed by atoms with Crippen LogP contribution in [0.1, 0.15) is 22.0 Å². The van der Waals surface area contributed by atoms with Gasteiger partial charge in [-0.3, -0.25) is 9.36 Å². The highest BCUT2D eigenvalue weighted by molar-refractivity contribution is 7.15. The lowest BCUT2D eigenvalue weighted by molar-refractivity contribution is 0.651. The Balaban J connectivity index is 1.41. The zero-order valence-electron chi connectivity index (χ0n) is 14.9. The third-order valence-electron chi connectivity index (χ3n) is 4.02. The SMILES string of the molecule is Cc1cc(C)n(Cc2nnc(Nc3ccn(Cc4ccccc4Cl)n3)s2)n1. The molecule has 0 unspecified atom stereocenters. The Kier molecular flexibility index (Phi) is 4.91. The molecule has 138 valence electrons. The zero-order chi connectivity index (χ0) is 18.8. The molecule has 0 aliphatic heterocycles. The normalized spacial score (nSPS) is 11.1. The smallest absolute Gasteiger partial charge is 0.211 e. The van der Waals surface area contributed by atoms with Crippen molar-refractivity contribution < 1.29 is 0 Å². The first-order valence-corrected chi connectivity index (χ1v) is 9.63. The molecule has 3 heterocycles. The summed E-state index contributed by atoms with van der Waals surface area (Å²) in [4.78, 5) is 0. The van der Waals surface area contributed by atoms with Gasteiger partial charge in [-0.05, 0) is 31.5 Å². The van der Waals surface area contributed by atoms with Crippen molar-refractivity contribution in [3.8, 4) is 0 Å². The predicted molar refractivity (Wildman–Crippen MR) is 107 cm³/mol. The first-order chi connectivity index (χ1) is 13.1. The molecule has 0 aliphatic carbocycles. The molecule has 0 saturated carbocycles. The van der Waals surface area contributed by atoms with Crippen molar-refractivity contribution in [2.24, 2.45) is 0 Å². The van der Waals surface area contributed by atoms with Crippen LogP contribution in [0.2, 0.25) is 5.02 Å². The lowest BCUT2D eigenvalue weighted by Gasteiger charge is -2.04. The molecular formula is C18H18ClN7S. The van der Waals surface area contributed by atoms with Gasteiger partial charge in [-0.2, -0.15) is 10.2 Å². The summed E-state index contributed by atoms with van der Waals surface area (Å²) in [5.74, 6) is 0.718. The highest BCUT2D eigenvalue weighted by Crippen LogP contribution is 2.21. The average Bonchev–Trinajstić information content (AvgIpc) is 3.33. The Morgan fingerprint density at radius 1 is 1.07 bits per heavy atom. The minimum Gasteiger partial charge on any atom is -0.313 e. The molecule has 0 bridgehead atoms. The first kappa shape index (κ1) is 17.7. The highest BCUT2D eigenvalue weighted by atomic mass is 35.5. The van der Waals surface area contributed by atoms with Gasteiger partial charge in [-0.25, -0.2) is 0 Å². The van der Waals surface area contributed by atoms with Crippen LogP contribution in [0, 0.1) is 13.8 Å². The molecule has 0 amide bonds. The van der Waals surface area contributed by atoms with Gasteiger partial charge < -0.3 is 5.32 Å². The monoisotopic (exact) mass is 399 g/mol. The van der Waals surface area contributed by atoms with Crippen molar-refractivity contribution in [2.75, 3.05) is 5.32 Å². The van der Waals surface area contributed by atoms with E-state index < -0.39 is 0 Å². The van der Waals surface area contributed by atoms with Gasteiger partial charge in [0, 0.05) is 23.0 Å². The third-order valence-corrected chi connectivity index (χ3v) is 5.21. The molecule has 3 aromatic heterocycles. The van der Waals surface area contributed by atoms with Crippen LogP contribution in [-0.4, -0.2) is 29.8 Å². The minimum absolute atomic E-state index is 0.611. The second-order valence-electron chi connectivity index (χ2n) is 6.20. The first-order valence-electron chi connectivity index (χ1n) is 8.44. The van der Waals surface area contributed by atoms with Gasteiger partial charge in [0.2, 0.25) is 5.13 Å². The molecule has 0 fully saturated rings. The lowest BCUT2D eigenvalue weighted by atomic mass is 10.2. The molecule has 0 saturated heterocycles. The Hall–Kier alpha value is -2.71. The quantitative estimate of drug-likeness (QED) is 0.529. The van der Waals surface area contributed by atoms with Crippen molar-refractivity contribution in [2.45, 2.75) is 26.9 Å². The fourth-order valence-corrected chi connectivity index (χ4v) is 3.68. The largest absolute Gasteiger partial charge is 0.313 e. The van der Waals surface area contributed by atoms with Crippen molar-refractivity contribution in [1.82, 2.24) is 29.8 Å². The molecule has 9 heteroatoms. The topological polar surface area (TPSA) is 73.5 Å². The Morgan fingerprint density at radius 3 is 2.70 bits per heavy atom. The van der Waals surface area contributed by atoms with Crippen LogP contribution in [0.4, 0.5) is 10.9 Å². The minimum atomic E-state index is 0.611. The molecule has 1 aromatic carbocycles. The maximum atomic E-state index is 6.21. The van der Waals surface area contributed by atoms with E-state index in [2.05, 4.69) is 25.7 Å². The van der Waals surface area contributed by atoms with Crippen LogP contribution in [-0.2, 0) is 13.1 Å². The number of anilines is 2. The summed E-state index contributed by atoms with van der Waals surface area (Å²) in [6.07, 6.45) is 1.91. The van der Waals surface area contributed by atoms with Crippen LogP contribution in [0.15, 0.2) is 42.6 Å². The van der Waals surface area contributed by atoms with Crippen molar-refractivity contribution >= 4 is 33.9 Å². The van der Waals surface area contributed by atoms with Gasteiger partial charge in [-0.1, -0.05) is 41.1 Å². The summed E-state index contributed by atoms with van der Waals surface area (Å²) in [6, 6.07) is 11.7. The van der Waals surface area contributed by atoms with Crippen LogP contribution in [0.5, 0.6) is 0 Å². The van der Waals surface area contributed by atoms with E-state index in [9.17, 15) is 0 Å². The molecule has 0 atom stereocenters. The second-order valence-corrected chi connectivity index (χ2v) is 7.67. The summed E-state index contributed by atoms with van der Waals surface area (Å²) in [5.41, 5.74) is 3.13. The van der Waals surface area contributed by atoms with E-state index in [0.29, 0.717) is 18.2 Å². The zero-order valence-corrected chi connectivity index (χ0v) is 16.5. The summed E-state index contributed by atoms with van der Waals surface area (Å²) >= 11 is 7.70. The molecule has 0 spiro atoms. The van der Waals surface area contributed by atoms with Gasteiger partial charge in [0.05, 0.1) is 18.8 Å². The van der Waals surface area contributed by atoms with E-state index >= 15 is 0 Å². The van der Waals surface area contributed by atoms with E-state index in [1.165, 1.54) is 11.3 Å². The molecule has 7 nitrogen and oxygen atoms in total. The van der Waals surface area contributed by atoms with E-state index in [1.54, 1.807) is 0 Å². The number of aromatic nitrogens is 6. The summed E-state index contributed by atoms with van der Waals surface area (Å²) in [5, 5.41) is 22.9. The number of rotatable bonds is 6. The maximum absolute atomic E-state index is 6.21. The number of nitrogens with zero attached hydrogens (tertiary/aromatic N) is 6. The maximum Gasteiger partial charge on any atom is 0.211 e. The Morgan fingerprint density at radius 2 is 1.93 bits per heavy atom. The number of halogens is 1. The number of aryl methyl sites for hydroxylation is 2. The van der Waals surface area contributed by atoms with E-state index in [0.717, 1.165) is 32.8 Å². The van der Waals surface area contributed by atoms with Crippen molar-refractivity contribution in [3.05, 3.63) is 69.6 Å². The molecule has 4 aromatic rings. The number of benzene rings is 1. The molecule has 27 heavy (non-hydrogen) atoms. The van der Waals surface area contributed by atoms with Crippen LogP contribution in [0.25, 0.3) is 0 Å². The molecular weight excluding hydrogens is 382 g/mol. The van der Waals surface area contributed by atoms with E-state index in [-0.39, 0.29) is 0 Å². The fraction of sp³-hybridized carbons (Fsp3) is 0.222. The average molecular weight is 400 g/mol. The Labute approximate surface area is 165 Å². The molecule has 4 rings (SSSR count). The number of nitrogens with one attached hydrogen (secondary N) is 1. The number of hydrogen-bond acceptors (Lipinski definition) is 6. The highest BCUT2D eigenvalue weighted by Gasteiger charge is 2.09. The second kappa shape index (κ2) is 7.50. The summed E-state index contributed by atoms with van der Waals surface area (Å²) in [7, 11) is 0. The third kappa shape index (κ3) is 4.17. The molecule has 0 aliphatic rings. The van der Waals surface area contributed by atoms with Gasteiger partial charge in [0.25, 0.3) is 0 Å². The summed E-state index contributed by atoms with van der Waals surface area (Å²) < 4.78 is 3.76. The van der Waals surface area contributed by atoms with E-state index in [4.69, 9.17) is 11.6 Å². The van der Waals surface area contributed by atoms with Gasteiger partial charge in [0.15, 0.2) is 5.82 Å². The summed E-state index contributed by atoms with van der Waals surface area (Å²) in [6.45, 7) is 5.24. The van der Waals surface area contributed by atoms with E-state index in [1.807, 2.05) is 65.8 Å². The Bertz CT molecular complexity index is 1070. The van der Waals surface area contributed by atoms with Crippen molar-refractivity contribution in [1.29, 1.82) is 0 Å². The van der Waals surface area contributed by atoms with Gasteiger partial charge in [0.1, 0.15) is 5.01 Å². The van der Waals surface area contributed by atoms with Crippen LogP contribution >= 0.6 is 22.9 Å². The molecule has 0 radical (unpaired) electrons. The molecule has 1 N–H and O–H groups in total. The van der Waals surface area contributed by atoms with Crippen LogP contribution in [0.3, 0.4) is 0 Å². The fourth-order valence-electron chi connectivity index (χ4n) is 2.76. The standard InChI is InChI=1S/C18H18ClN7S/c1-12-9-13(2)26(23-12)11-17-21-22-18(27-17)20-16-7-8-25(24-16)10-14-5-3-4-6-15(14)19/h3-9H,10-11H2,1-2H3,(H,20,22,24). The van der Waals surface area contributed by atoms with Gasteiger partial charge in [-0.15, -0.1) is 10.2 Å². The lowest BCUT2D eigenvalue weighted by Crippen LogP contribution is -2.03. The van der Waals surface area contributed by atoms with Crippen molar-refractivity contribution in [3.63, 3.8) is 0 Å². The van der Waals surface area contributed by atoms with Crippen LogP contribution < -0.4 is 5.32 Å². The van der Waals surface area contributed by atoms with Gasteiger partial charge >= 0.3 is 0 Å². The number of hydrogen-bond donors (Lipinski definition) is 1. The predicted octanol–water partition coefficient (Wildman–Crippen LogP) is 4.04.